The van der Waals surface area contributed by atoms with Crippen LogP contribution in [0.2, 0.25) is 0 Å². The second kappa shape index (κ2) is 5.59. The van der Waals surface area contributed by atoms with Crippen molar-refractivity contribution in [3.8, 4) is 0 Å². The van der Waals surface area contributed by atoms with Crippen molar-refractivity contribution in [3.05, 3.63) is 35.4 Å². The lowest BCUT2D eigenvalue weighted by molar-refractivity contribution is -0.0181. The zero-order valence-electron chi connectivity index (χ0n) is 11.2. The SMILES string of the molecule is CC1(O)CCCN(Cc2ccc(/C(N)=N/O)cc2)C1. The molecule has 1 aliphatic rings. The van der Waals surface area contributed by atoms with Gasteiger partial charge in [-0.3, -0.25) is 4.90 Å². The molecule has 1 aromatic carbocycles. The lowest BCUT2D eigenvalue weighted by Crippen LogP contribution is -2.45. The molecule has 1 heterocycles. The number of hydrogen-bond donors (Lipinski definition) is 3. The van der Waals surface area contributed by atoms with E-state index in [0.29, 0.717) is 12.1 Å². The molecule has 1 atom stereocenters. The van der Waals surface area contributed by atoms with Gasteiger partial charge >= 0.3 is 0 Å². The van der Waals surface area contributed by atoms with Gasteiger partial charge in [-0.2, -0.15) is 0 Å². The van der Waals surface area contributed by atoms with Crippen LogP contribution in [0.3, 0.4) is 0 Å². The number of amidine groups is 1. The smallest absolute Gasteiger partial charge is 0.170 e. The lowest BCUT2D eigenvalue weighted by atomic mass is 9.95. The summed E-state index contributed by atoms with van der Waals surface area (Å²) in [6, 6.07) is 7.62. The maximum absolute atomic E-state index is 10.1. The van der Waals surface area contributed by atoms with Gasteiger partial charge < -0.3 is 16.0 Å². The summed E-state index contributed by atoms with van der Waals surface area (Å²) in [6.45, 7) is 4.42. The van der Waals surface area contributed by atoms with Gasteiger partial charge in [0.25, 0.3) is 0 Å². The molecule has 2 rings (SSSR count). The highest BCUT2D eigenvalue weighted by molar-refractivity contribution is 5.96. The number of nitrogens with two attached hydrogens (primary N) is 1. The molecule has 0 spiro atoms. The summed E-state index contributed by atoms with van der Waals surface area (Å²) >= 11 is 0. The zero-order chi connectivity index (χ0) is 13.9. The summed E-state index contributed by atoms with van der Waals surface area (Å²) in [5.74, 6) is 0.118. The number of benzene rings is 1. The van der Waals surface area contributed by atoms with Crippen LogP contribution in [0, 0.1) is 0 Å². The fourth-order valence-corrected chi connectivity index (χ4v) is 2.56. The van der Waals surface area contributed by atoms with Gasteiger partial charge in [-0.25, -0.2) is 0 Å². The minimum atomic E-state index is -0.577. The van der Waals surface area contributed by atoms with E-state index in [1.54, 1.807) is 0 Å². The van der Waals surface area contributed by atoms with Crippen molar-refractivity contribution in [1.82, 2.24) is 4.90 Å². The predicted molar refractivity (Wildman–Crippen MR) is 74.1 cm³/mol. The Balaban J connectivity index is 2.00. The van der Waals surface area contributed by atoms with Crippen LogP contribution in [0.1, 0.15) is 30.9 Å². The molecule has 5 heteroatoms. The Hall–Kier alpha value is -1.59. The highest BCUT2D eigenvalue weighted by Crippen LogP contribution is 2.21. The summed E-state index contributed by atoms with van der Waals surface area (Å²) in [4.78, 5) is 2.25. The third-order valence-electron chi connectivity index (χ3n) is 3.52. The second-order valence-corrected chi connectivity index (χ2v) is 5.49. The first kappa shape index (κ1) is 13.8. The van der Waals surface area contributed by atoms with Crippen LogP contribution in [-0.4, -0.2) is 39.7 Å². The van der Waals surface area contributed by atoms with Gasteiger partial charge in [0.05, 0.1) is 5.60 Å². The molecule has 104 valence electrons. The third-order valence-corrected chi connectivity index (χ3v) is 3.52. The minimum absolute atomic E-state index is 0.118. The van der Waals surface area contributed by atoms with Gasteiger partial charge in [0.2, 0.25) is 0 Å². The molecular formula is C14H21N3O2. The molecule has 4 N–H and O–H groups in total. The predicted octanol–water partition coefficient (Wildman–Crippen LogP) is 1.13. The fourth-order valence-electron chi connectivity index (χ4n) is 2.56. The number of hydrogen-bond acceptors (Lipinski definition) is 4. The Kier molecular flexibility index (Phi) is 4.07. The van der Waals surface area contributed by atoms with E-state index in [1.807, 2.05) is 31.2 Å². The van der Waals surface area contributed by atoms with Gasteiger partial charge in [0.15, 0.2) is 5.84 Å². The average molecular weight is 263 g/mol. The Labute approximate surface area is 113 Å². The lowest BCUT2D eigenvalue weighted by Gasteiger charge is -2.36. The summed E-state index contributed by atoms with van der Waals surface area (Å²) in [5, 5.41) is 21.6. The Bertz CT molecular complexity index is 454. The van der Waals surface area contributed by atoms with E-state index in [4.69, 9.17) is 10.9 Å². The quantitative estimate of drug-likeness (QED) is 0.330. The van der Waals surface area contributed by atoms with E-state index >= 15 is 0 Å². The van der Waals surface area contributed by atoms with Gasteiger partial charge in [0, 0.05) is 18.7 Å². The molecular weight excluding hydrogens is 242 g/mol. The second-order valence-electron chi connectivity index (χ2n) is 5.49. The van der Waals surface area contributed by atoms with Crippen molar-refractivity contribution in [2.75, 3.05) is 13.1 Å². The van der Waals surface area contributed by atoms with Crippen LogP contribution in [0.4, 0.5) is 0 Å². The molecule has 0 saturated carbocycles. The molecule has 1 aromatic rings. The normalized spacial score (nSPS) is 25.5. The Morgan fingerprint density at radius 2 is 2.11 bits per heavy atom. The number of likely N-dealkylation sites (tertiary alicyclic amines) is 1. The van der Waals surface area contributed by atoms with Crippen molar-refractivity contribution in [2.45, 2.75) is 31.9 Å². The molecule has 0 aromatic heterocycles. The molecule has 1 saturated heterocycles. The summed E-state index contributed by atoms with van der Waals surface area (Å²) < 4.78 is 0. The van der Waals surface area contributed by atoms with E-state index in [2.05, 4.69) is 10.1 Å². The summed E-state index contributed by atoms with van der Waals surface area (Å²) in [6.07, 6.45) is 1.89. The van der Waals surface area contributed by atoms with E-state index in [9.17, 15) is 5.11 Å². The number of piperidine rings is 1. The molecule has 0 amide bonds. The van der Waals surface area contributed by atoms with Crippen molar-refractivity contribution < 1.29 is 10.3 Å². The number of nitrogens with zero attached hydrogens (tertiary/aromatic N) is 2. The number of rotatable bonds is 3. The number of β-amino-alcohol motifs (C(OH)–C–C–N with tert-alkyl or cyclic N) is 1. The Morgan fingerprint density at radius 1 is 1.42 bits per heavy atom. The van der Waals surface area contributed by atoms with Crippen LogP contribution < -0.4 is 5.73 Å². The van der Waals surface area contributed by atoms with E-state index < -0.39 is 5.60 Å². The minimum Gasteiger partial charge on any atom is -0.409 e. The third kappa shape index (κ3) is 3.68. The van der Waals surface area contributed by atoms with Crippen LogP contribution in [-0.2, 0) is 6.54 Å². The first-order chi connectivity index (χ1) is 9.00. The zero-order valence-corrected chi connectivity index (χ0v) is 11.2. The summed E-state index contributed by atoms with van der Waals surface area (Å²) in [7, 11) is 0. The first-order valence-electron chi connectivity index (χ1n) is 6.52. The van der Waals surface area contributed by atoms with Crippen LogP contribution in [0.5, 0.6) is 0 Å². The number of aliphatic hydroxyl groups is 1. The van der Waals surface area contributed by atoms with E-state index in [1.165, 1.54) is 0 Å². The standard InChI is InChI=1S/C14H21N3O2/c1-14(18)7-2-8-17(10-14)9-11-3-5-12(6-4-11)13(15)16-19/h3-6,18-19H,2,7-10H2,1H3,(H2,15,16). The largest absolute Gasteiger partial charge is 0.409 e. The average Bonchev–Trinajstić information content (AvgIpc) is 2.37. The molecule has 1 aliphatic heterocycles. The topological polar surface area (TPSA) is 82.1 Å². The molecule has 1 unspecified atom stereocenters. The molecule has 5 nitrogen and oxygen atoms in total. The Morgan fingerprint density at radius 3 is 2.68 bits per heavy atom. The maximum Gasteiger partial charge on any atom is 0.170 e. The van der Waals surface area contributed by atoms with Gasteiger partial charge in [-0.05, 0) is 31.9 Å². The number of oxime groups is 1. The maximum atomic E-state index is 10.1. The first-order valence-corrected chi connectivity index (χ1v) is 6.52. The summed E-state index contributed by atoms with van der Waals surface area (Å²) in [5.41, 5.74) is 6.81. The van der Waals surface area contributed by atoms with Gasteiger partial charge in [0.1, 0.15) is 0 Å². The van der Waals surface area contributed by atoms with Crippen LogP contribution in [0.25, 0.3) is 0 Å². The molecule has 0 radical (unpaired) electrons. The molecule has 19 heavy (non-hydrogen) atoms. The van der Waals surface area contributed by atoms with Crippen molar-refractivity contribution in [3.63, 3.8) is 0 Å². The van der Waals surface area contributed by atoms with Crippen molar-refractivity contribution >= 4 is 5.84 Å². The van der Waals surface area contributed by atoms with Crippen LogP contribution in [0.15, 0.2) is 29.4 Å². The van der Waals surface area contributed by atoms with Crippen molar-refractivity contribution in [1.29, 1.82) is 0 Å². The van der Waals surface area contributed by atoms with Crippen LogP contribution >= 0.6 is 0 Å². The van der Waals surface area contributed by atoms with E-state index in [-0.39, 0.29) is 5.84 Å². The van der Waals surface area contributed by atoms with E-state index in [0.717, 1.165) is 31.5 Å². The fraction of sp³-hybridized carbons (Fsp3) is 0.500. The molecule has 0 bridgehead atoms. The van der Waals surface area contributed by atoms with Crippen molar-refractivity contribution in [2.24, 2.45) is 10.9 Å². The molecule has 1 fully saturated rings. The highest BCUT2D eigenvalue weighted by atomic mass is 16.4. The van der Waals surface area contributed by atoms with Gasteiger partial charge in [-0.1, -0.05) is 29.4 Å². The highest BCUT2D eigenvalue weighted by Gasteiger charge is 2.28. The monoisotopic (exact) mass is 263 g/mol. The molecule has 0 aliphatic carbocycles. The van der Waals surface area contributed by atoms with Gasteiger partial charge in [-0.15, -0.1) is 0 Å².